The summed E-state index contributed by atoms with van der Waals surface area (Å²) in [4.78, 5) is 0. The Morgan fingerprint density at radius 3 is 2.91 bits per heavy atom. The van der Waals surface area contributed by atoms with Crippen LogP contribution in [-0.4, -0.2) is 35.6 Å². The Bertz CT molecular complexity index is 127. The molecule has 1 aliphatic rings. The Morgan fingerprint density at radius 1 is 1.64 bits per heavy atom. The van der Waals surface area contributed by atoms with Crippen LogP contribution in [0.3, 0.4) is 0 Å². The maximum Gasteiger partial charge on any atom is 0.0902 e. The van der Waals surface area contributed by atoms with E-state index in [0.29, 0.717) is 12.8 Å². The van der Waals surface area contributed by atoms with Gasteiger partial charge in [-0.25, -0.2) is 0 Å². The van der Waals surface area contributed by atoms with Crippen molar-refractivity contribution in [2.45, 2.75) is 37.4 Å². The maximum atomic E-state index is 9.65. The third-order valence-corrected chi connectivity index (χ3v) is 2.40. The monoisotopic (exact) mass is 160 g/mol. The standard InChI is InChI=1S/C8H16O3/c1-11-7-3-2-4-8(10,5-7)6-9/h7,9-10H,2-6H2,1H3. The van der Waals surface area contributed by atoms with Gasteiger partial charge in [0, 0.05) is 13.5 Å². The zero-order valence-electron chi connectivity index (χ0n) is 6.92. The molecule has 2 N–H and O–H groups in total. The van der Waals surface area contributed by atoms with Crippen molar-refractivity contribution in [3.8, 4) is 0 Å². The molecule has 0 aromatic heterocycles. The van der Waals surface area contributed by atoms with E-state index in [1.807, 2.05) is 0 Å². The van der Waals surface area contributed by atoms with Gasteiger partial charge in [0.1, 0.15) is 0 Å². The molecule has 0 saturated heterocycles. The summed E-state index contributed by atoms with van der Waals surface area (Å²) in [5.41, 5.74) is -0.876. The third kappa shape index (κ3) is 2.15. The number of aliphatic hydroxyl groups excluding tert-OH is 1. The van der Waals surface area contributed by atoms with E-state index in [-0.39, 0.29) is 12.7 Å². The first-order chi connectivity index (χ1) is 5.20. The SMILES string of the molecule is COC1CCCC(O)(CO)C1. The summed E-state index contributed by atoms with van der Waals surface area (Å²) in [6.45, 7) is -0.146. The molecule has 0 radical (unpaired) electrons. The molecule has 2 atom stereocenters. The first-order valence-electron chi connectivity index (χ1n) is 4.06. The molecule has 0 heterocycles. The summed E-state index contributed by atoms with van der Waals surface area (Å²) in [5.74, 6) is 0. The first-order valence-corrected chi connectivity index (χ1v) is 4.06. The van der Waals surface area contributed by atoms with Gasteiger partial charge in [0.05, 0.1) is 18.3 Å². The van der Waals surface area contributed by atoms with Crippen molar-refractivity contribution in [2.24, 2.45) is 0 Å². The molecule has 0 amide bonds. The van der Waals surface area contributed by atoms with Gasteiger partial charge in [-0.3, -0.25) is 0 Å². The van der Waals surface area contributed by atoms with E-state index in [1.54, 1.807) is 7.11 Å². The summed E-state index contributed by atoms with van der Waals surface area (Å²) in [6.07, 6.45) is 3.33. The predicted octanol–water partition coefficient (Wildman–Crippen LogP) is 0.299. The summed E-state index contributed by atoms with van der Waals surface area (Å²) in [7, 11) is 1.65. The van der Waals surface area contributed by atoms with Gasteiger partial charge in [0.15, 0.2) is 0 Å². The van der Waals surface area contributed by atoms with E-state index in [4.69, 9.17) is 9.84 Å². The Balaban J connectivity index is 2.44. The highest BCUT2D eigenvalue weighted by molar-refractivity contribution is 4.86. The lowest BCUT2D eigenvalue weighted by atomic mass is 9.84. The number of ether oxygens (including phenoxy) is 1. The molecule has 0 spiro atoms. The van der Waals surface area contributed by atoms with Crippen molar-refractivity contribution in [3.63, 3.8) is 0 Å². The highest BCUT2D eigenvalue weighted by atomic mass is 16.5. The second-order valence-electron chi connectivity index (χ2n) is 3.34. The molecule has 3 heteroatoms. The fourth-order valence-corrected chi connectivity index (χ4v) is 1.63. The maximum absolute atomic E-state index is 9.65. The molecule has 66 valence electrons. The Labute approximate surface area is 67.0 Å². The molecule has 0 aliphatic heterocycles. The lowest BCUT2D eigenvalue weighted by Crippen LogP contribution is -2.41. The number of rotatable bonds is 2. The summed E-state index contributed by atoms with van der Waals surface area (Å²) >= 11 is 0. The molecular weight excluding hydrogens is 144 g/mol. The topological polar surface area (TPSA) is 49.7 Å². The summed E-state index contributed by atoms with van der Waals surface area (Å²) in [5, 5.41) is 18.5. The fourth-order valence-electron chi connectivity index (χ4n) is 1.63. The van der Waals surface area contributed by atoms with Crippen LogP contribution in [0.15, 0.2) is 0 Å². The lowest BCUT2D eigenvalue weighted by Gasteiger charge is -2.34. The Hall–Kier alpha value is -0.120. The van der Waals surface area contributed by atoms with Gasteiger partial charge in [-0.15, -0.1) is 0 Å². The van der Waals surface area contributed by atoms with Crippen LogP contribution in [0.25, 0.3) is 0 Å². The number of hydrogen-bond acceptors (Lipinski definition) is 3. The van der Waals surface area contributed by atoms with Crippen LogP contribution in [0.1, 0.15) is 25.7 Å². The molecule has 1 fully saturated rings. The fraction of sp³-hybridized carbons (Fsp3) is 1.00. The number of aliphatic hydroxyl groups is 2. The van der Waals surface area contributed by atoms with Crippen LogP contribution >= 0.6 is 0 Å². The molecule has 1 saturated carbocycles. The van der Waals surface area contributed by atoms with E-state index < -0.39 is 5.60 Å². The van der Waals surface area contributed by atoms with Crippen molar-refractivity contribution >= 4 is 0 Å². The second kappa shape index (κ2) is 3.52. The van der Waals surface area contributed by atoms with E-state index in [0.717, 1.165) is 12.8 Å². The first kappa shape index (κ1) is 8.97. The molecular formula is C8H16O3. The van der Waals surface area contributed by atoms with Crippen LogP contribution in [0.2, 0.25) is 0 Å². The van der Waals surface area contributed by atoms with Crippen LogP contribution < -0.4 is 0 Å². The van der Waals surface area contributed by atoms with Gasteiger partial charge in [0.2, 0.25) is 0 Å². The van der Waals surface area contributed by atoms with Crippen molar-refractivity contribution in [1.82, 2.24) is 0 Å². The Kier molecular flexibility index (Phi) is 2.87. The van der Waals surface area contributed by atoms with Gasteiger partial charge < -0.3 is 14.9 Å². The zero-order chi connectivity index (χ0) is 8.32. The van der Waals surface area contributed by atoms with Crippen LogP contribution in [0.5, 0.6) is 0 Å². The Morgan fingerprint density at radius 2 is 2.36 bits per heavy atom. The van der Waals surface area contributed by atoms with Crippen molar-refractivity contribution in [3.05, 3.63) is 0 Å². The highest BCUT2D eigenvalue weighted by Gasteiger charge is 2.33. The predicted molar refractivity (Wildman–Crippen MR) is 41.3 cm³/mol. The largest absolute Gasteiger partial charge is 0.393 e. The van der Waals surface area contributed by atoms with Gasteiger partial charge in [-0.1, -0.05) is 0 Å². The molecule has 0 aromatic rings. The van der Waals surface area contributed by atoms with Crippen molar-refractivity contribution < 1.29 is 14.9 Å². The number of hydrogen-bond donors (Lipinski definition) is 2. The zero-order valence-corrected chi connectivity index (χ0v) is 6.92. The van der Waals surface area contributed by atoms with E-state index >= 15 is 0 Å². The smallest absolute Gasteiger partial charge is 0.0902 e. The average molecular weight is 160 g/mol. The second-order valence-corrected chi connectivity index (χ2v) is 3.34. The van der Waals surface area contributed by atoms with Gasteiger partial charge in [-0.2, -0.15) is 0 Å². The van der Waals surface area contributed by atoms with Gasteiger partial charge in [0.25, 0.3) is 0 Å². The third-order valence-electron chi connectivity index (χ3n) is 2.40. The van der Waals surface area contributed by atoms with Crippen molar-refractivity contribution in [2.75, 3.05) is 13.7 Å². The molecule has 11 heavy (non-hydrogen) atoms. The molecule has 1 rings (SSSR count). The van der Waals surface area contributed by atoms with Crippen LogP contribution in [0.4, 0.5) is 0 Å². The van der Waals surface area contributed by atoms with Crippen LogP contribution in [0, 0.1) is 0 Å². The summed E-state index contributed by atoms with van der Waals surface area (Å²) in [6, 6.07) is 0. The number of methoxy groups -OCH3 is 1. The average Bonchev–Trinajstić information content (AvgIpc) is 2.05. The van der Waals surface area contributed by atoms with Crippen molar-refractivity contribution in [1.29, 1.82) is 0 Å². The minimum Gasteiger partial charge on any atom is -0.393 e. The minimum absolute atomic E-state index is 0.126. The molecule has 3 nitrogen and oxygen atoms in total. The molecule has 2 unspecified atom stereocenters. The van der Waals surface area contributed by atoms with Gasteiger partial charge >= 0.3 is 0 Å². The molecule has 0 bridgehead atoms. The van der Waals surface area contributed by atoms with E-state index in [1.165, 1.54) is 0 Å². The minimum atomic E-state index is -0.876. The van der Waals surface area contributed by atoms with Gasteiger partial charge in [-0.05, 0) is 19.3 Å². The molecule has 0 aromatic carbocycles. The van der Waals surface area contributed by atoms with Crippen LogP contribution in [-0.2, 0) is 4.74 Å². The van der Waals surface area contributed by atoms with E-state index in [2.05, 4.69) is 0 Å². The quantitative estimate of drug-likeness (QED) is 0.610. The molecule has 1 aliphatic carbocycles. The normalized spacial score (nSPS) is 39.0. The highest BCUT2D eigenvalue weighted by Crippen LogP contribution is 2.29. The van der Waals surface area contributed by atoms with E-state index in [9.17, 15) is 5.11 Å². The summed E-state index contributed by atoms with van der Waals surface area (Å²) < 4.78 is 5.12. The lowest BCUT2D eigenvalue weighted by molar-refractivity contribution is -0.0863.